The molecule has 0 aromatic carbocycles. The third kappa shape index (κ3) is 2.11. The van der Waals surface area contributed by atoms with Crippen molar-refractivity contribution in [2.45, 2.75) is 6.42 Å². The van der Waals surface area contributed by atoms with Crippen LogP contribution in [-0.4, -0.2) is 29.5 Å². The maximum atomic E-state index is 10.4. The molecule has 1 aromatic heterocycles. The number of nitrogens with two attached hydrogens (primary N) is 1. The molecule has 2 rings (SSSR count). The maximum absolute atomic E-state index is 10.4. The van der Waals surface area contributed by atoms with Gasteiger partial charge in [-0.05, 0) is 34.9 Å². The third-order valence-electron chi connectivity index (χ3n) is 2.90. The first-order chi connectivity index (χ1) is 7.70. The minimum Gasteiger partial charge on any atom is -0.368 e. The van der Waals surface area contributed by atoms with Crippen LogP contribution in [0.15, 0.2) is 18.3 Å². The summed E-state index contributed by atoms with van der Waals surface area (Å²) >= 11 is 0. The first-order valence-corrected chi connectivity index (χ1v) is 5.26. The van der Waals surface area contributed by atoms with Gasteiger partial charge < -0.3 is 20.7 Å². The molecule has 0 bridgehead atoms. The third-order valence-corrected chi connectivity index (χ3v) is 2.90. The Morgan fingerprint density at radius 1 is 1.62 bits per heavy atom. The quantitative estimate of drug-likeness (QED) is 0.603. The molecule has 16 heavy (non-hydrogen) atoms. The highest BCUT2D eigenvalue weighted by molar-refractivity contribution is 5.47. The molecular formula is C10H14N4O2. The monoisotopic (exact) mass is 222 g/mol. The minimum atomic E-state index is -0.490. The topological polar surface area (TPSA) is 85.3 Å². The van der Waals surface area contributed by atoms with Gasteiger partial charge in [-0.2, -0.15) is 0 Å². The second-order valence-corrected chi connectivity index (χ2v) is 3.97. The maximum Gasteiger partial charge on any atom is 0.363 e. The number of anilines is 1. The number of pyridine rings is 1. The van der Waals surface area contributed by atoms with E-state index in [9.17, 15) is 10.1 Å². The Balaban J connectivity index is 2.08. The lowest BCUT2D eigenvalue weighted by atomic mass is 10.1. The summed E-state index contributed by atoms with van der Waals surface area (Å²) in [6, 6.07) is 3.18. The average Bonchev–Trinajstić information content (AvgIpc) is 2.77. The molecule has 2 N–H and O–H groups in total. The Bertz CT molecular complexity index is 379. The van der Waals surface area contributed by atoms with Gasteiger partial charge in [0.05, 0.1) is 5.69 Å². The van der Waals surface area contributed by atoms with E-state index in [-0.39, 0.29) is 5.82 Å². The molecule has 0 amide bonds. The van der Waals surface area contributed by atoms with Gasteiger partial charge in [0, 0.05) is 19.2 Å². The normalized spacial score (nSPS) is 20.1. The Morgan fingerprint density at radius 3 is 2.94 bits per heavy atom. The molecule has 2 heterocycles. The van der Waals surface area contributed by atoms with Gasteiger partial charge in [0.2, 0.25) is 0 Å². The van der Waals surface area contributed by atoms with Gasteiger partial charge in [-0.25, -0.2) is 0 Å². The van der Waals surface area contributed by atoms with Crippen LogP contribution < -0.4 is 10.6 Å². The molecule has 0 aliphatic carbocycles. The fourth-order valence-electron chi connectivity index (χ4n) is 1.93. The Morgan fingerprint density at radius 2 is 2.44 bits per heavy atom. The van der Waals surface area contributed by atoms with Crippen LogP contribution in [0.2, 0.25) is 0 Å². The van der Waals surface area contributed by atoms with Gasteiger partial charge in [0.1, 0.15) is 0 Å². The predicted molar refractivity (Wildman–Crippen MR) is 60.3 cm³/mol. The fourth-order valence-corrected chi connectivity index (χ4v) is 1.93. The summed E-state index contributed by atoms with van der Waals surface area (Å²) < 4.78 is 0. The van der Waals surface area contributed by atoms with Crippen molar-refractivity contribution in [2.24, 2.45) is 11.7 Å². The Kier molecular flexibility index (Phi) is 3.00. The lowest BCUT2D eigenvalue weighted by Crippen LogP contribution is -2.22. The summed E-state index contributed by atoms with van der Waals surface area (Å²) in [4.78, 5) is 15.9. The van der Waals surface area contributed by atoms with Crippen molar-refractivity contribution in [2.75, 3.05) is 24.5 Å². The van der Waals surface area contributed by atoms with E-state index in [1.54, 1.807) is 12.3 Å². The smallest absolute Gasteiger partial charge is 0.363 e. The molecule has 1 saturated heterocycles. The van der Waals surface area contributed by atoms with E-state index in [1.807, 2.05) is 0 Å². The zero-order valence-corrected chi connectivity index (χ0v) is 8.87. The molecule has 1 aliphatic rings. The molecule has 0 saturated carbocycles. The molecule has 1 aliphatic heterocycles. The lowest BCUT2D eigenvalue weighted by molar-refractivity contribution is -0.389. The molecule has 0 spiro atoms. The Hall–Kier alpha value is -1.69. The second-order valence-electron chi connectivity index (χ2n) is 3.97. The van der Waals surface area contributed by atoms with Gasteiger partial charge in [0.15, 0.2) is 6.20 Å². The summed E-state index contributed by atoms with van der Waals surface area (Å²) in [5.74, 6) is 0.411. The van der Waals surface area contributed by atoms with E-state index in [2.05, 4.69) is 9.88 Å². The largest absolute Gasteiger partial charge is 0.368 e. The van der Waals surface area contributed by atoms with Crippen LogP contribution in [0.4, 0.5) is 11.5 Å². The summed E-state index contributed by atoms with van der Waals surface area (Å²) in [6.07, 6.45) is 2.63. The van der Waals surface area contributed by atoms with Crippen molar-refractivity contribution < 1.29 is 4.92 Å². The molecule has 6 nitrogen and oxygen atoms in total. The highest BCUT2D eigenvalue weighted by atomic mass is 16.6. The molecular weight excluding hydrogens is 208 g/mol. The second kappa shape index (κ2) is 4.44. The molecule has 86 valence electrons. The molecule has 0 radical (unpaired) electrons. The number of nitrogens with zero attached hydrogens (tertiary/aromatic N) is 3. The highest BCUT2D eigenvalue weighted by Crippen LogP contribution is 2.23. The molecule has 1 aromatic rings. The van der Waals surface area contributed by atoms with Crippen LogP contribution >= 0.6 is 0 Å². The van der Waals surface area contributed by atoms with Crippen LogP contribution in [0.1, 0.15) is 6.42 Å². The van der Waals surface area contributed by atoms with E-state index in [4.69, 9.17) is 5.73 Å². The molecule has 1 fully saturated rings. The van der Waals surface area contributed by atoms with Crippen molar-refractivity contribution in [3.05, 3.63) is 28.4 Å². The SMILES string of the molecule is NCC1CCN(c2ccc([N+](=O)[O-])nc2)C1. The first-order valence-electron chi connectivity index (χ1n) is 5.26. The van der Waals surface area contributed by atoms with E-state index >= 15 is 0 Å². The van der Waals surface area contributed by atoms with Crippen LogP contribution in [0, 0.1) is 16.0 Å². The van der Waals surface area contributed by atoms with E-state index in [0.29, 0.717) is 12.5 Å². The summed E-state index contributed by atoms with van der Waals surface area (Å²) in [5.41, 5.74) is 6.54. The van der Waals surface area contributed by atoms with Gasteiger partial charge in [-0.1, -0.05) is 0 Å². The first kappa shape index (κ1) is 10.8. The minimum absolute atomic E-state index is 0.113. The number of rotatable bonds is 3. The van der Waals surface area contributed by atoms with E-state index < -0.39 is 4.92 Å². The number of hydrogen-bond acceptors (Lipinski definition) is 5. The summed E-state index contributed by atoms with van der Waals surface area (Å²) in [6.45, 7) is 2.55. The fraction of sp³-hybridized carbons (Fsp3) is 0.500. The van der Waals surface area contributed by atoms with Crippen LogP contribution in [-0.2, 0) is 0 Å². The van der Waals surface area contributed by atoms with E-state index in [0.717, 1.165) is 25.2 Å². The molecule has 1 atom stereocenters. The van der Waals surface area contributed by atoms with Gasteiger partial charge in [-0.15, -0.1) is 0 Å². The van der Waals surface area contributed by atoms with Gasteiger partial charge in [-0.3, -0.25) is 0 Å². The van der Waals surface area contributed by atoms with Crippen molar-refractivity contribution in [3.8, 4) is 0 Å². The van der Waals surface area contributed by atoms with Crippen LogP contribution in [0.5, 0.6) is 0 Å². The lowest BCUT2D eigenvalue weighted by Gasteiger charge is -2.16. The van der Waals surface area contributed by atoms with Crippen molar-refractivity contribution in [3.63, 3.8) is 0 Å². The zero-order chi connectivity index (χ0) is 11.5. The predicted octanol–water partition coefficient (Wildman–Crippen LogP) is 0.775. The van der Waals surface area contributed by atoms with Crippen LogP contribution in [0.3, 0.4) is 0 Å². The number of nitro groups is 1. The van der Waals surface area contributed by atoms with Crippen molar-refractivity contribution >= 4 is 11.5 Å². The summed E-state index contributed by atoms with van der Waals surface area (Å²) in [7, 11) is 0. The van der Waals surface area contributed by atoms with Gasteiger partial charge in [0.25, 0.3) is 0 Å². The number of aromatic nitrogens is 1. The van der Waals surface area contributed by atoms with Crippen LogP contribution in [0.25, 0.3) is 0 Å². The van der Waals surface area contributed by atoms with Crippen molar-refractivity contribution in [1.29, 1.82) is 0 Å². The van der Waals surface area contributed by atoms with Crippen molar-refractivity contribution in [1.82, 2.24) is 4.98 Å². The highest BCUT2D eigenvalue weighted by Gasteiger charge is 2.22. The molecule has 1 unspecified atom stereocenters. The van der Waals surface area contributed by atoms with E-state index in [1.165, 1.54) is 6.07 Å². The average molecular weight is 222 g/mol. The number of hydrogen-bond donors (Lipinski definition) is 1. The molecule has 6 heteroatoms. The zero-order valence-electron chi connectivity index (χ0n) is 8.87. The van der Waals surface area contributed by atoms with Gasteiger partial charge >= 0.3 is 5.82 Å². The standard InChI is InChI=1S/C10H14N4O2/c11-5-8-3-4-13(7-8)9-1-2-10(12-6-9)14(15)16/h1-2,6,8H,3-5,7,11H2. The Labute approximate surface area is 93.2 Å². The summed E-state index contributed by atoms with van der Waals surface area (Å²) in [5, 5.41) is 10.4.